The summed E-state index contributed by atoms with van der Waals surface area (Å²) < 4.78 is 1.05. The van der Waals surface area contributed by atoms with Crippen LogP contribution >= 0.6 is 15.9 Å². The highest BCUT2D eigenvalue weighted by Crippen LogP contribution is 2.22. The summed E-state index contributed by atoms with van der Waals surface area (Å²) in [7, 11) is 0. The molecule has 16 heavy (non-hydrogen) atoms. The second-order valence-electron chi connectivity index (χ2n) is 4.20. The number of pyridine rings is 1. The molecule has 0 radical (unpaired) electrons. The topological polar surface area (TPSA) is 28.2 Å². The molecule has 0 aliphatic carbocycles. The van der Waals surface area contributed by atoms with Gasteiger partial charge in [-0.05, 0) is 41.4 Å². The number of halogens is 1. The van der Waals surface area contributed by atoms with Crippen LogP contribution in [0.15, 0.2) is 22.9 Å². The smallest absolute Gasteiger partial charge is 0.0567 e. The van der Waals surface area contributed by atoms with Crippen molar-refractivity contribution in [3.63, 3.8) is 0 Å². The molecule has 0 bridgehead atoms. The Morgan fingerprint density at radius 2 is 2.44 bits per heavy atom. The van der Waals surface area contributed by atoms with E-state index in [1.54, 1.807) is 0 Å². The van der Waals surface area contributed by atoms with Gasteiger partial charge in [-0.15, -0.1) is 0 Å². The molecule has 0 aromatic carbocycles. The van der Waals surface area contributed by atoms with Crippen LogP contribution in [0.5, 0.6) is 0 Å². The lowest BCUT2D eigenvalue weighted by Crippen LogP contribution is -2.37. The molecule has 1 aromatic rings. The fourth-order valence-electron chi connectivity index (χ4n) is 2.23. The summed E-state index contributed by atoms with van der Waals surface area (Å²) >= 11 is 3.49. The van der Waals surface area contributed by atoms with E-state index in [0.29, 0.717) is 6.04 Å². The summed E-state index contributed by atoms with van der Waals surface area (Å²) in [4.78, 5) is 6.72. The molecule has 4 heteroatoms. The van der Waals surface area contributed by atoms with E-state index in [1.807, 2.05) is 12.4 Å². The predicted molar refractivity (Wildman–Crippen MR) is 70.8 cm³/mol. The van der Waals surface area contributed by atoms with Crippen molar-refractivity contribution in [1.82, 2.24) is 10.3 Å². The van der Waals surface area contributed by atoms with Crippen molar-refractivity contribution in [1.29, 1.82) is 0 Å². The number of hydrogen-bond acceptors (Lipinski definition) is 3. The van der Waals surface area contributed by atoms with Crippen LogP contribution < -0.4 is 10.2 Å². The van der Waals surface area contributed by atoms with Crippen LogP contribution in [0.1, 0.15) is 19.8 Å². The van der Waals surface area contributed by atoms with Gasteiger partial charge >= 0.3 is 0 Å². The van der Waals surface area contributed by atoms with Gasteiger partial charge in [0.05, 0.1) is 11.9 Å². The molecule has 3 nitrogen and oxygen atoms in total. The minimum absolute atomic E-state index is 0.621. The van der Waals surface area contributed by atoms with Gasteiger partial charge in [-0.3, -0.25) is 4.98 Å². The van der Waals surface area contributed by atoms with Gasteiger partial charge in [0.25, 0.3) is 0 Å². The lowest BCUT2D eigenvalue weighted by atomic mass is 10.2. The zero-order chi connectivity index (χ0) is 11.4. The Hall–Kier alpha value is -0.610. The van der Waals surface area contributed by atoms with E-state index in [-0.39, 0.29) is 0 Å². The standard InChI is InChI=1S/C12H18BrN3/c1-2-5-16(11-3-4-14-8-11)12-6-10(13)7-15-9-12/h6-7,9,11,14H,2-5,8H2,1H3. The summed E-state index contributed by atoms with van der Waals surface area (Å²) in [5.41, 5.74) is 1.23. The Bertz CT molecular complexity index is 337. The first-order chi connectivity index (χ1) is 7.81. The molecular formula is C12H18BrN3. The van der Waals surface area contributed by atoms with E-state index < -0.39 is 0 Å². The monoisotopic (exact) mass is 283 g/mol. The van der Waals surface area contributed by atoms with Crippen molar-refractivity contribution >= 4 is 21.6 Å². The van der Waals surface area contributed by atoms with Gasteiger partial charge < -0.3 is 10.2 Å². The third-order valence-electron chi connectivity index (χ3n) is 2.96. The Balaban J connectivity index is 2.17. The van der Waals surface area contributed by atoms with Crippen molar-refractivity contribution < 1.29 is 0 Å². The molecule has 1 aromatic heterocycles. The number of hydrogen-bond donors (Lipinski definition) is 1. The van der Waals surface area contributed by atoms with Gasteiger partial charge in [0.2, 0.25) is 0 Å². The maximum absolute atomic E-state index is 4.25. The van der Waals surface area contributed by atoms with Crippen LogP contribution in [0.2, 0.25) is 0 Å². The molecule has 88 valence electrons. The molecule has 2 heterocycles. The Kier molecular flexibility index (Phi) is 4.18. The minimum Gasteiger partial charge on any atom is -0.366 e. The summed E-state index contributed by atoms with van der Waals surface area (Å²) in [5, 5.41) is 3.42. The molecule has 0 saturated carbocycles. The fraction of sp³-hybridized carbons (Fsp3) is 0.583. The Morgan fingerprint density at radius 1 is 1.56 bits per heavy atom. The molecule has 1 saturated heterocycles. The lowest BCUT2D eigenvalue weighted by molar-refractivity contribution is 0.624. The van der Waals surface area contributed by atoms with Gasteiger partial charge in [-0.1, -0.05) is 6.92 Å². The van der Waals surface area contributed by atoms with Gasteiger partial charge in [-0.2, -0.15) is 0 Å². The summed E-state index contributed by atoms with van der Waals surface area (Å²) in [6.07, 6.45) is 6.19. The molecule has 0 spiro atoms. The van der Waals surface area contributed by atoms with E-state index in [1.165, 1.54) is 18.5 Å². The highest BCUT2D eigenvalue weighted by Gasteiger charge is 2.22. The highest BCUT2D eigenvalue weighted by molar-refractivity contribution is 9.10. The number of nitrogens with one attached hydrogen (secondary N) is 1. The Labute approximate surface area is 105 Å². The van der Waals surface area contributed by atoms with Crippen LogP contribution in [-0.2, 0) is 0 Å². The van der Waals surface area contributed by atoms with Crippen molar-refractivity contribution in [3.05, 3.63) is 22.9 Å². The summed E-state index contributed by atoms with van der Waals surface area (Å²) in [5.74, 6) is 0. The number of anilines is 1. The molecule has 1 aliphatic rings. The maximum atomic E-state index is 4.25. The molecule has 0 amide bonds. The van der Waals surface area contributed by atoms with E-state index >= 15 is 0 Å². The van der Waals surface area contributed by atoms with Crippen molar-refractivity contribution in [3.8, 4) is 0 Å². The van der Waals surface area contributed by atoms with E-state index in [2.05, 4.69) is 44.1 Å². The average molecular weight is 284 g/mol. The van der Waals surface area contributed by atoms with Gasteiger partial charge in [-0.25, -0.2) is 0 Å². The fourth-order valence-corrected chi connectivity index (χ4v) is 2.58. The van der Waals surface area contributed by atoms with Crippen LogP contribution in [0.25, 0.3) is 0 Å². The molecule has 2 rings (SSSR count). The van der Waals surface area contributed by atoms with Crippen molar-refractivity contribution in [2.75, 3.05) is 24.5 Å². The zero-order valence-electron chi connectivity index (χ0n) is 9.62. The van der Waals surface area contributed by atoms with Crippen LogP contribution in [0, 0.1) is 0 Å². The molecule has 1 unspecified atom stereocenters. The van der Waals surface area contributed by atoms with E-state index in [9.17, 15) is 0 Å². The normalized spacial score (nSPS) is 20.0. The zero-order valence-corrected chi connectivity index (χ0v) is 11.2. The highest BCUT2D eigenvalue weighted by atomic mass is 79.9. The van der Waals surface area contributed by atoms with E-state index in [4.69, 9.17) is 0 Å². The molecule has 1 aliphatic heterocycles. The molecular weight excluding hydrogens is 266 g/mol. The quantitative estimate of drug-likeness (QED) is 0.920. The number of nitrogens with zero attached hydrogens (tertiary/aromatic N) is 2. The van der Waals surface area contributed by atoms with Crippen LogP contribution in [-0.4, -0.2) is 30.7 Å². The van der Waals surface area contributed by atoms with Crippen molar-refractivity contribution in [2.24, 2.45) is 0 Å². The first-order valence-corrected chi connectivity index (χ1v) is 6.68. The molecule has 1 fully saturated rings. The van der Waals surface area contributed by atoms with Crippen molar-refractivity contribution in [2.45, 2.75) is 25.8 Å². The first-order valence-electron chi connectivity index (χ1n) is 5.89. The SMILES string of the molecule is CCCN(c1cncc(Br)c1)C1CCNC1. The number of rotatable bonds is 4. The van der Waals surface area contributed by atoms with Crippen LogP contribution in [0.3, 0.4) is 0 Å². The maximum Gasteiger partial charge on any atom is 0.0567 e. The first kappa shape index (κ1) is 11.9. The number of aromatic nitrogens is 1. The second-order valence-corrected chi connectivity index (χ2v) is 5.12. The Morgan fingerprint density at radius 3 is 3.06 bits per heavy atom. The summed E-state index contributed by atoms with van der Waals surface area (Å²) in [6.45, 7) is 5.55. The lowest BCUT2D eigenvalue weighted by Gasteiger charge is -2.30. The third kappa shape index (κ3) is 2.74. The van der Waals surface area contributed by atoms with Crippen LogP contribution in [0.4, 0.5) is 5.69 Å². The van der Waals surface area contributed by atoms with Gasteiger partial charge in [0.15, 0.2) is 0 Å². The average Bonchev–Trinajstić information content (AvgIpc) is 2.79. The minimum atomic E-state index is 0.621. The predicted octanol–water partition coefficient (Wildman–Crippen LogP) is 2.42. The second kappa shape index (κ2) is 5.64. The van der Waals surface area contributed by atoms with E-state index in [0.717, 1.165) is 24.1 Å². The van der Waals surface area contributed by atoms with Gasteiger partial charge in [0, 0.05) is 29.8 Å². The molecule has 1 N–H and O–H groups in total. The largest absolute Gasteiger partial charge is 0.366 e. The third-order valence-corrected chi connectivity index (χ3v) is 3.40. The molecule has 1 atom stereocenters. The summed E-state index contributed by atoms with van der Waals surface area (Å²) in [6, 6.07) is 2.78. The van der Waals surface area contributed by atoms with Gasteiger partial charge in [0.1, 0.15) is 0 Å².